The minimum atomic E-state index is -1.01. The summed E-state index contributed by atoms with van der Waals surface area (Å²) in [6.45, 7) is 0. The van der Waals surface area contributed by atoms with Gasteiger partial charge in [-0.2, -0.15) is 0 Å². The standard InChI is InChI=1S/C10H10N2O3S/c1-12-10(15)6(5-8(13)14)9(11-12)7-3-2-4-16-7/h2-4,11H,5H2,1H3,(H,13,14). The van der Waals surface area contributed by atoms with E-state index in [-0.39, 0.29) is 12.0 Å². The Balaban J connectivity index is 2.57. The fourth-order valence-electron chi connectivity index (χ4n) is 1.54. The van der Waals surface area contributed by atoms with Crippen LogP contribution in [0, 0.1) is 0 Å². The fraction of sp³-hybridized carbons (Fsp3) is 0.200. The summed E-state index contributed by atoms with van der Waals surface area (Å²) in [5.41, 5.74) is 0.619. The Kier molecular flexibility index (Phi) is 2.66. The van der Waals surface area contributed by atoms with Crippen LogP contribution in [0.25, 0.3) is 10.6 Å². The molecular weight excluding hydrogens is 228 g/mol. The van der Waals surface area contributed by atoms with Crippen LogP contribution in [0.5, 0.6) is 0 Å². The van der Waals surface area contributed by atoms with Crippen LogP contribution in [0.1, 0.15) is 5.56 Å². The van der Waals surface area contributed by atoms with Crippen molar-refractivity contribution in [3.63, 3.8) is 0 Å². The molecule has 0 saturated heterocycles. The Labute approximate surface area is 94.9 Å². The first-order valence-electron chi connectivity index (χ1n) is 4.63. The van der Waals surface area contributed by atoms with Gasteiger partial charge in [0.2, 0.25) is 0 Å². The first-order valence-corrected chi connectivity index (χ1v) is 5.51. The minimum absolute atomic E-state index is 0.261. The molecular formula is C10H10N2O3S. The molecule has 6 heteroatoms. The number of thiophene rings is 1. The van der Waals surface area contributed by atoms with Crippen molar-refractivity contribution < 1.29 is 9.90 Å². The highest BCUT2D eigenvalue weighted by Gasteiger charge is 2.17. The van der Waals surface area contributed by atoms with Crippen LogP contribution in [0.2, 0.25) is 0 Å². The summed E-state index contributed by atoms with van der Waals surface area (Å²) in [6.07, 6.45) is -0.261. The van der Waals surface area contributed by atoms with Crippen LogP contribution in [-0.2, 0) is 18.3 Å². The summed E-state index contributed by atoms with van der Waals surface area (Å²) in [6, 6.07) is 3.71. The van der Waals surface area contributed by atoms with Crippen LogP contribution in [0.4, 0.5) is 0 Å². The van der Waals surface area contributed by atoms with Crippen molar-refractivity contribution in [3.05, 3.63) is 33.4 Å². The molecule has 5 nitrogen and oxygen atoms in total. The van der Waals surface area contributed by atoms with Crippen LogP contribution in [0.15, 0.2) is 22.3 Å². The van der Waals surface area contributed by atoms with Gasteiger partial charge in [0, 0.05) is 7.05 Å². The number of hydrogen-bond acceptors (Lipinski definition) is 3. The molecule has 0 amide bonds. The van der Waals surface area contributed by atoms with Gasteiger partial charge < -0.3 is 5.11 Å². The van der Waals surface area contributed by atoms with Gasteiger partial charge in [0.05, 0.1) is 22.6 Å². The van der Waals surface area contributed by atoms with Gasteiger partial charge in [0.15, 0.2) is 0 Å². The van der Waals surface area contributed by atoms with Crippen LogP contribution in [0.3, 0.4) is 0 Å². The average Bonchev–Trinajstić information content (AvgIpc) is 2.81. The van der Waals surface area contributed by atoms with Crippen molar-refractivity contribution in [1.82, 2.24) is 9.78 Å². The Morgan fingerprint density at radius 1 is 1.62 bits per heavy atom. The molecule has 0 aliphatic carbocycles. The Bertz CT molecular complexity index is 565. The first-order chi connectivity index (χ1) is 7.59. The Morgan fingerprint density at radius 2 is 2.38 bits per heavy atom. The van der Waals surface area contributed by atoms with E-state index in [0.29, 0.717) is 11.3 Å². The normalized spacial score (nSPS) is 10.6. The van der Waals surface area contributed by atoms with Gasteiger partial charge in [-0.25, -0.2) is 0 Å². The number of carbonyl (C=O) groups is 1. The van der Waals surface area contributed by atoms with Crippen LogP contribution in [-0.4, -0.2) is 20.9 Å². The first kappa shape index (κ1) is 10.7. The van der Waals surface area contributed by atoms with Gasteiger partial charge in [-0.3, -0.25) is 19.4 Å². The quantitative estimate of drug-likeness (QED) is 0.839. The second-order valence-electron chi connectivity index (χ2n) is 3.38. The molecule has 2 N–H and O–H groups in total. The summed E-state index contributed by atoms with van der Waals surface area (Å²) < 4.78 is 1.30. The van der Waals surface area contributed by atoms with Gasteiger partial charge in [0.25, 0.3) is 5.56 Å². The van der Waals surface area contributed by atoms with Crippen molar-refractivity contribution >= 4 is 17.3 Å². The second kappa shape index (κ2) is 3.97. The van der Waals surface area contributed by atoms with Crippen molar-refractivity contribution in [1.29, 1.82) is 0 Å². The van der Waals surface area contributed by atoms with E-state index in [2.05, 4.69) is 5.10 Å². The highest BCUT2D eigenvalue weighted by Crippen LogP contribution is 2.24. The molecule has 2 aromatic heterocycles. The number of nitrogens with one attached hydrogen (secondary N) is 1. The number of aromatic nitrogens is 2. The van der Waals surface area contributed by atoms with E-state index in [1.54, 1.807) is 7.05 Å². The zero-order valence-corrected chi connectivity index (χ0v) is 9.37. The largest absolute Gasteiger partial charge is 0.481 e. The van der Waals surface area contributed by atoms with E-state index in [1.807, 2.05) is 17.5 Å². The number of aryl methyl sites for hydroxylation is 1. The van der Waals surface area contributed by atoms with E-state index in [0.717, 1.165) is 4.88 Å². The van der Waals surface area contributed by atoms with Crippen molar-refractivity contribution in [2.24, 2.45) is 7.05 Å². The number of aliphatic carboxylic acids is 1. The van der Waals surface area contributed by atoms with Gasteiger partial charge in [-0.15, -0.1) is 11.3 Å². The van der Waals surface area contributed by atoms with Gasteiger partial charge in [0.1, 0.15) is 0 Å². The molecule has 0 aromatic carbocycles. The monoisotopic (exact) mass is 238 g/mol. The summed E-state index contributed by atoms with van der Waals surface area (Å²) >= 11 is 1.46. The van der Waals surface area contributed by atoms with Gasteiger partial charge in [-0.05, 0) is 11.4 Å². The van der Waals surface area contributed by atoms with Gasteiger partial charge in [-0.1, -0.05) is 6.07 Å². The van der Waals surface area contributed by atoms with E-state index in [4.69, 9.17) is 5.11 Å². The Morgan fingerprint density at radius 3 is 2.94 bits per heavy atom. The fourth-order valence-corrected chi connectivity index (χ4v) is 2.28. The molecule has 2 heterocycles. The average molecular weight is 238 g/mol. The zero-order chi connectivity index (χ0) is 11.7. The molecule has 0 fully saturated rings. The van der Waals surface area contributed by atoms with Crippen LogP contribution >= 0.6 is 11.3 Å². The number of carboxylic acids is 1. The molecule has 16 heavy (non-hydrogen) atoms. The lowest BCUT2D eigenvalue weighted by atomic mass is 10.1. The predicted octanol–water partition coefficient (Wildman–Crippen LogP) is 1.07. The zero-order valence-electron chi connectivity index (χ0n) is 8.56. The maximum Gasteiger partial charge on any atom is 0.308 e. The third kappa shape index (κ3) is 1.79. The second-order valence-corrected chi connectivity index (χ2v) is 4.33. The van der Waals surface area contributed by atoms with Crippen LogP contribution < -0.4 is 5.56 Å². The molecule has 0 aliphatic rings. The van der Waals surface area contributed by atoms with Crippen molar-refractivity contribution in [3.8, 4) is 10.6 Å². The van der Waals surface area contributed by atoms with Crippen molar-refractivity contribution in [2.45, 2.75) is 6.42 Å². The SMILES string of the molecule is Cn1[nH]c(-c2cccs2)c(CC(=O)O)c1=O. The lowest BCUT2D eigenvalue weighted by Gasteiger charge is -1.95. The predicted molar refractivity (Wildman–Crippen MR) is 60.7 cm³/mol. The maximum atomic E-state index is 11.7. The number of aromatic amines is 1. The summed E-state index contributed by atoms with van der Waals surface area (Å²) in [7, 11) is 1.57. The highest BCUT2D eigenvalue weighted by molar-refractivity contribution is 7.13. The smallest absolute Gasteiger partial charge is 0.308 e. The lowest BCUT2D eigenvalue weighted by Crippen LogP contribution is -2.17. The van der Waals surface area contributed by atoms with Crippen molar-refractivity contribution in [2.75, 3.05) is 0 Å². The molecule has 0 radical (unpaired) electrons. The number of nitrogens with zero attached hydrogens (tertiary/aromatic N) is 1. The summed E-state index contributed by atoms with van der Waals surface area (Å²) in [4.78, 5) is 23.3. The molecule has 0 spiro atoms. The van der Waals surface area contributed by atoms with E-state index in [1.165, 1.54) is 16.0 Å². The summed E-state index contributed by atoms with van der Waals surface area (Å²) in [5.74, 6) is -1.01. The third-order valence-electron chi connectivity index (χ3n) is 2.24. The molecule has 84 valence electrons. The number of H-pyrrole nitrogens is 1. The summed E-state index contributed by atoms with van der Waals surface area (Å²) in [5, 5.41) is 13.5. The lowest BCUT2D eigenvalue weighted by molar-refractivity contribution is -0.136. The highest BCUT2D eigenvalue weighted by atomic mass is 32.1. The minimum Gasteiger partial charge on any atom is -0.481 e. The topological polar surface area (TPSA) is 75.1 Å². The number of hydrogen-bond donors (Lipinski definition) is 2. The molecule has 0 aliphatic heterocycles. The number of carboxylic acid groups (broad SMARTS) is 1. The molecule has 2 aromatic rings. The molecule has 0 saturated carbocycles. The molecule has 0 bridgehead atoms. The van der Waals surface area contributed by atoms with E-state index in [9.17, 15) is 9.59 Å². The molecule has 2 rings (SSSR count). The maximum absolute atomic E-state index is 11.7. The van der Waals surface area contributed by atoms with E-state index < -0.39 is 5.97 Å². The molecule has 0 unspecified atom stereocenters. The number of rotatable bonds is 3. The van der Waals surface area contributed by atoms with Gasteiger partial charge >= 0.3 is 5.97 Å². The third-order valence-corrected chi connectivity index (χ3v) is 3.13. The molecule has 0 atom stereocenters. The van der Waals surface area contributed by atoms with E-state index >= 15 is 0 Å². The Hall–Kier alpha value is -1.82.